The average molecular weight is 399 g/mol. The zero-order valence-corrected chi connectivity index (χ0v) is 15.4. The Kier molecular flexibility index (Phi) is 5.91. The van der Waals surface area contributed by atoms with E-state index in [9.17, 15) is 4.79 Å². The van der Waals surface area contributed by atoms with Crippen molar-refractivity contribution < 1.29 is 14.3 Å². The number of rotatable bonds is 5. The highest BCUT2D eigenvalue weighted by atomic mass is 79.9. The van der Waals surface area contributed by atoms with Crippen LogP contribution in [0.4, 0.5) is 5.69 Å². The second-order valence-electron chi connectivity index (χ2n) is 5.00. The van der Waals surface area contributed by atoms with E-state index in [2.05, 4.69) is 21.2 Å². The Labute approximate surface area is 148 Å². The van der Waals surface area contributed by atoms with E-state index >= 15 is 0 Å². The lowest BCUT2D eigenvalue weighted by Gasteiger charge is -2.14. The molecular formula is C17H17BrClNO3. The molecule has 0 bridgehead atoms. The van der Waals surface area contributed by atoms with Gasteiger partial charge >= 0.3 is 0 Å². The van der Waals surface area contributed by atoms with Gasteiger partial charge < -0.3 is 14.8 Å². The SMILES string of the molecule is COc1c(Br)cc(Cl)cc1NC(=O)COc1cccc(C)c1C. The monoisotopic (exact) mass is 397 g/mol. The highest BCUT2D eigenvalue weighted by Crippen LogP contribution is 2.36. The Morgan fingerprint density at radius 1 is 1.30 bits per heavy atom. The van der Waals surface area contributed by atoms with E-state index in [0.29, 0.717) is 26.7 Å². The first kappa shape index (κ1) is 17.6. The van der Waals surface area contributed by atoms with Gasteiger partial charge in [-0.05, 0) is 59.1 Å². The molecule has 2 aromatic carbocycles. The highest BCUT2D eigenvalue weighted by Gasteiger charge is 2.13. The molecule has 23 heavy (non-hydrogen) atoms. The third-order valence-corrected chi connectivity index (χ3v) is 4.21. The van der Waals surface area contributed by atoms with E-state index in [1.54, 1.807) is 12.1 Å². The van der Waals surface area contributed by atoms with E-state index in [0.717, 1.165) is 11.1 Å². The molecular weight excluding hydrogens is 382 g/mol. The molecule has 0 radical (unpaired) electrons. The Morgan fingerprint density at radius 2 is 2.04 bits per heavy atom. The van der Waals surface area contributed by atoms with Crippen LogP contribution in [0.1, 0.15) is 11.1 Å². The van der Waals surface area contributed by atoms with Gasteiger partial charge in [0, 0.05) is 5.02 Å². The van der Waals surface area contributed by atoms with Crippen LogP contribution < -0.4 is 14.8 Å². The molecule has 0 aliphatic rings. The minimum Gasteiger partial charge on any atom is -0.493 e. The first-order valence-corrected chi connectivity index (χ1v) is 8.11. The normalized spacial score (nSPS) is 10.3. The molecule has 0 atom stereocenters. The summed E-state index contributed by atoms with van der Waals surface area (Å²) in [5.41, 5.74) is 2.62. The summed E-state index contributed by atoms with van der Waals surface area (Å²) in [7, 11) is 1.52. The number of hydrogen-bond acceptors (Lipinski definition) is 3. The Hall–Kier alpha value is -1.72. The molecule has 0 saturated carbocycles. The van der Waals surface area contributed by atoms with Crippen LogP contribution in [0.3, 0.4) is 0 Å². The van der Waals surface area contributed by atoms with Crippen LogP contribution >= 0.6 is 27.5 Å². The molecule has 2 aromatic rings. The summed E-state index contributed by atoms with van der Waals surface area (Å²) >= 11 is 9.35. The number of anilines is 1. The van der Waals surface area contributed by atoms with Gasteiger partial charge in [0.1, 0.15) is 5.75 Å². The fourth-order valence-electron chi connectivity index (χ4n) is 2.07. The molecule has 6 heteroatoms. The van der Waals surface area contributed by atoms with Crippen molar-refractivity contribution in [1.29, 1.82) is 0 Å². The number of methoxy groups -OCH3 is 1. The Bertz CT molecular complexity index is 734. The molecule has 1 amide bonds. The van der Waals surface area contributed by atoms with Gasteiger partial charge in [0.05, 0.1) is 17.3 Å². The quantitative estimate of drug-likeness (QED) is 0.791. The lowest BCUT2D eigenvalue weighted by molar-refractivity contribution is -0.118. The molecule has 0 aromatic heterocycles. The lowest BCUT2D eigenvalue weighted by Crippen LogP contribution is -2.21. The van der Waals surface area contributed by atoms with Gasteiger partial charge in [-0.2, -0.15) is 0 Å². The summed E-state index contributed by atoms with van der Waals surface area (Å²) in [5.74, 6) is 0.909. The molecule has 1 N–H and O–H groups in total. The van der Waals surface area contributed by atoms with Gasteiger partial charge in [-0.25, -0.2) is 0 Å². The van der Waals surface area contributed by atoms with Gasteiger partial charge in [-0.3, -0.25) is 4.79 Å². The number of hydrogen-bond donors (Lipinski definition) is 1. The van der Waals surface area contributed by atoms with Crippen LogP contribution in [0.5, 0.6) is 11.5 Å². The zero-order valence-electron chi connectivity index (χ0n) is 13.1. The Balaban J connectivity index is 2.07. The third-order valence-electron chi connectivity index (χ3n) is 3.40. The molecule has 0 heterocycles. The number of ether oxygens (including phenoxy) is 2. The van der Waals surface area contributed by atoms with Crippen LogP contribution in [-0.4, -0.2) is 19.6 Å². The summed E-state index contributed by atoms with van der Waals surface area (Å²) in [6, 6.07) is 9.05. The molecule has 4 nitrogen and oxygen atoms in total. The van der Waals surface area contributed by atoms with E-state index in [1.807, 2.05) is 32.0 Å². The third kappa shape index (κ3) is 4.39. The van der Waals surface area contributed by atoms with Gasteiger partial charge in [0.2, 0.25) is 0 Å². The molecule has 0 aliphatic heterocycles. The van der Waals surface area contributed by atoms with Gasteiger partial charge in [0.15, 0.2) is 12.4 Å². The molecule has 0 aliphatic carbocycles. The largest absolute Gasteiger partial charge is 0.493 e. The number of aryl methyl sites for hydroxylation is 1. The van der Waals surface area contributed by atoms with Crippen molar-refractivity contribution in [3.63, 3.8) is 0 Å². The predicted octanol–water partition coefficient (Wildman–Crippen LogP) is 4.75. The van der Waals surface area contributed by atoms with Crippen molar-refractivity contribution in [2.24, 2.45) is 0 Å². The van der Waals surface area contributed by atoms with Crippen LogP contribution in [0.2, 0.25) is 5.02 Å². The van der Waals surface area contributed by atoms with E-state index < -0.39 is 0 Å². The van der Waals surface area contributed by atoms with Crippen molar-refractivity contribution in [2.45, 2.75) is 13.8 Å². The van der Waals surface area contributed by atoms with Gasteiger partial charge in [0.25, 0.3) is 5.91 Å². The zero-order chi connectivity index (χ0) is 17.0. The lowest BCUT2D eigenvalue weighted by atomic mass is 10.1. The number of carbonyl (C=O) groups excluding carboxylic acids is 1. The van der Waals surface area contributed by atoms with Crippen molar-refractivity contribution in [1.82, 2.24) is 0 Å². The van der Waals surface area contributed by atoms with Crippen molar-refractivity contribution in [2.75, 3.05) is 19.0 Å². The van der Waals surface area contributed by atoms with Crippen LogP contribution in [0, 0.1) is 13.8 Å². The number of benzene rings is 2. The summed E-state index contributed by atoms with van der Waals surface area (Å²) < 4.78 is 11.5. The van der Waals surface area contributed by atoms with Crippen LogP contribution in [0.15, 0.2) is 34.8 Å². The van der Waals surface area contributed by atoms with E-state index in [1.165, 1.54) is 7.11 Å². The molecule has 0 saturated heterocycles. The first-order chi connectivity index (χ1) is 10.9. The standard InChI is InChI=1S/C17H17BrClNO3/c1-10-5-4-6-15(11(10)2)23-9-16(21)20-14-8-12(19)7-13(18)17(14)22-3/h4-8H,9H2,1-3H3,(H,20,21). The summed E-state index contributed by atoms with van der Waals surface area (Å²) in [5, 5.41) is 3.23. The Morgan fingerprint density at radius 3 is 2.74 bits per heavy atom. The van der Waals surface area contributed by atoms with Crippen molar-refractivity contribution in [3.8, 4) is 11.5 Å². The first-order valence-electron chi connectivity index (χ1n) is 6.94. The fourth-order valence-corrected chi connectivity index (χ4v) is 3.04. The van der Waals surface area contributed by atoms with E-state index in [-0.39, 0.29) is 12.5 Å². The molecule has 0 fully saturated rings. The molecule has 0 spiro atoms. The maximum absolute atomic E-state index is 12.1. The van der Waals surface area contributed by atoms with Crippen molar-refractivity contribution in [3.05, 3.63) is 51.0 Å². The maximum atomic E-state index is 12.1. The van der Waals surface area contributed by atoms with E-state index in [4.69, 9.17) is 21.1 Å². The fraction of sp³-hybridized carbons (Fsp3) is 0.235. The van der Waals surface area contributed by atoms with Crippen molar-refractivity contribution >= 4 is 39.1 Å². The van der Waals surface area contributed by atoms with Crippen LogP contribution in [-0.2, 0) is 4.79 Å². The number of carbonyl (C=O) groups is 1. The van der Waals surface area contributed by atoms with Gasteiger partial charge in [-0.1, -0.05) is 23.7 Å². The minimum absolute atomic E-state index is 0.0996. The smallest absolute Gasteiger partial charge is 0.262 e. The van der Waals surface area contributed by atoms with Gasteiger partial charge in [-0.15, -0.1) is 0 Å². The molecule has 2 rings (SSSR count). The maximum Gasteiger partial charge on any atom is 0.262 e. The van der Waals surface area contributed by atoms with Crippen LogP contribution in [0.25, 0.3) is 0 Å². The summed E-state index contributed by atoms with van der Waals surface area (Å²) in [6.45, 7) is 3.86. The summed E-state index contributed by atoms with van der Waals surface area (Å²) in [6.07, 6.45) is 0. The number of amides is 1. The second-order valence-corrected chi connectivity index (χ2v) is 6.29. The number of halogens is 2. The summed E-state index contributed by atoms with van der Waals surface area (Å²) in [4.78, 5) is 12.1. The number of nitrogens with one attached hydrogen (secondary N) is 1. The molecule has 0 unspecified atom stereocenters. The highest BCUT2D eigenvalue weighted by molar-refractivity contribution is 9.10. The molecule has 122 valence electrons. The second kappa shape index (κ2) is 7.70. The topological polar surface area (TPSA) is 47.6 Å². The average Bonchev–Trinajstić information content (AvgIpc) is 2.48. The predicted molar refractivity (Wildman–Crippen MR) is 95.7 cm³/mol. The minimum atomic E-state index is -0.293.